The number of ether oxygens (including phenoxy) is 1. The molecule has 0 bridgehead atoms. The average molecular weight is 359 g/mol. The van der Waals surface area contributed by atoms with E-state index in [1.54, 1.807) is 7.11 Å². The van der Waals surface area contributed by atoms with E-state index in [0.29, 0.717) is 17.1 Å². The highest BCUT2D eigenvalue weighted by atomic mass is 79.9. The third-order valence-corrected chi connectivity index (χ3v) is 4.78. The lowest BCUT2D eigenvalue weighted by Gasteiger charge is -2.31. The van der Waals surface area contributed by atoms with Crippen molar-refractivity contribution in [2.45, 2.75) is 31.8 Å². The van der Waals surface area contributed by atoms with Crippen LogP contribution in [0.4, 0.5) is 4.39 Å². The van der Waals surface area contributed by atoms with Crippen LogP contribution in [0.25, 0.3) is 0 Å². The SMILES string of the molecule is COCCN(CC1CCCN1)C(C)c1ccc(F)c(Br)c1. The highest BCUT2D eigenvalue weighted by molar-refractivity contribution is 9.10. The Morgan fingerprint density at radius 1 is 1.52 bits per heavy atom. The molecule has 118 valence electrons. The molecule has 1 N–H and O–H groups in total. The van der Waals surface area contributed by atoms with E-state index in [-0.39, 0.29) is 11.9 Å². The molecule has 0 aromatic heterocycles. The van der Waals surface area contributed by atoms with Gasteiger partial charge >= 0.3 is 0 Å². The van der Waals surface area contributed by atoms with Crippen LogP contribution in [0.5, 0.6) is 0 Å². The molecule has 2 atom stereocenters. The summed E-state index contributed by atoms with van der Waals surface area (Å²) in [6, 6.07) is 6.06. The van der Waals surface area contributed by atoms with Gasteiger partial charge in [-0.25, -0.2) is 4.39 Å². The number of benzene rings is 1. The van der Waals surface area contributed by atoms with E-state index in [1.165, 1.54) is 18.9 Å². The molecule has 21 heavy (non-hydrogen) atoms. The fraction of sp³-hybridized carbons (Fsp3) is 0.625. The molecule has 0 saturated carbocycles. The minimum absolute atomic E-state index is 0.216. The lowest BCUT2D eigenvalue weighted by molar-refractivity contribution is 0.118. The van der Waals surface area contributed by atoms with Gasteiger partial charge in [0.05, 0.1) is 11.1 Å². The van der Waals surface area contributed by atoms with Crippen LogP contribution in [-0.2, 0) is 4.74 Å². The predicted octanol–water partition coefficient (Wildman–Crippen LogP) is 3.35. The topological polar surface area (TPSA) is 24.5 Å². The molecule has 1 fully saturated rings. The molecule has 0 aliphatic carbocycles. The van der Waals surface area contributed by atoms with Crippen molar-refractivity contribution in [2.75, 3.05) is 33.4 Å². The van der Waals surface area contributed by atoms with E-state index in [2.05, 4.69) is 33.1 Å². The molecule has 1 aliphatic rings. The van der Waals surface area contributed by atoms with Gasteiger partial charge in [0, 0.05) is 32.3 Å². The fourth-order valence-electron chi connectivity index (χ4n) is 2.83. The lowest BCUT2D eigenvalue weighted by atomic mass is 10.1. The Morgan fingerprint density at radius 2 is 2.33 bits per heavy atom. The molecule has 2 unspecified atom stereocenters. The zero-order chi connectivity index (χ0) is 15.2. The smallest absolute Gasteiger partial charge is 0.137 e. The van der Waals surface area contributed by atoms with Crippen LogP contribution in [0.2, 0.25) is 0 Å². The molecule has 1 heterocycles. The molecule has 1 aliphatic heterocycles. The van der Waals surface area contributed by atoms with Crippen molar-refractivity contribution in [3.8, 4) is 0 Å². The van der Waals surface area contributed by atoms with E-state index >= 15 is 0 Å². The number of hydrogen-bond donors (Lipinski definition) is 1. The third kappa shape index (κ3) is 4.74. The molecule has 1 aromatic rings. The molecular weight excluding hydrogens is 335 g/mol. The van der Waals surface area contributed by atoms with E-state index in [4.69, 9.17) is 4.74 Å². The largest absolute Gasteiger partial charge is 0.383 e. The summed E-state index contributed by atoms with van der Waals surface area (Å²) in [5, 5.41) is 3.54. The van der Waals surface area contributed by atoms with Crippen molar-refractivity contribution in [1.29, 1.82) is 0 Å². The Balaban J connectivity index is 2.07. The van der Waals surface area contributed by atoms with Gasteiger partial charge in [-0.15, -0.1) is 0 Å². The van der Waals surface area contributed by atoms with Gasteiger partial charge in [-0.2, -0.15) is 0 Å². The second kappa shape index (κ2) is 8.22. The summed E-state index contributed by atoms with van der Waals surface area (Å²) in [6.45, 7) is 5.87. The van der Waals surface area contributed by atoms with Gasteiger partial charge in [0.25, 0.3) is 0 Å². The summed E-state index contributed by atoms with van der Waals surface area (Å²) in [5.74, 6) is -0.216. The van der Waals surface area contributed by atoms with Crippen molar-refractivity contribution in [1.82, 2.24) is 10.2 Å². The maximum absolute atomic E-state index is 13.4. The molecule has 1 saturated heterocycles. The summed E-state index contributed by atoms with van der Waals surface area (Å²) < 4.78 is 19.2. The summed E-state index contributed by atoms with van der Waals surface area (Å²) in [4.78, 5) is 2.41. The minimum atomic E-state index is -0.216. The van der Waals surface area contributed by atoms with Gasteiger partial charge in [0.1, 0.15) is 5.82 Å². The molecule has 3 nitrogen and oxygen atoms in total. The van der Waals surface area contributed by atoms with E-state index in [0.717, 1.165) is 25.2 Å². The van der Waals surface area contributed by atoms with Crippen LogP contribution < -0.4 is 5.32 Å². The van der Waals surface area contributed by atoms with E-state index in [1.807, 2.05) is 12.1 Å². The lowest BCUT2D eigenvalue weighted by Crippen LogP contribution is -2.40. The number of hydrogen-bond acceptors (Lipinski definition) is 3. The van der Waals surface area contributed by atoms with Gasteiger partial charge in [-0.1, -0.05) is 6.07 Å². The number of halogens is 2. The Morgan fingerprint density at radius 3 is 2.95 bits per heavy atom. The van der Waals surface area contributed by atoms with Crippen molar-refractivity contribution in [3.63, 3.8) is 0 Å². The molecule has 5 heteroatoms. The first kappa shape index (κ1) is 16.9. The van der Waals surface area contributed by atoms with Crippen LogP contribution in [0.1, 0.15) is 31.4 Å². The second-order valence-electron chi connectivity index (χ2n) is 5.63. The maximum Gasteiger partial charge on any atom is 0.137 e. The minimum Gasteiger partial charge on any atom is -0.383 e. The van der Waals surface area contributed by atoms with Gasteiger partial charge in [-0.05, 0) is 59.9 Å². The second-order valence-corrected chi connectivity index (χ2v) is 6.48. The summed E-state index contributed by atoms with van der Waals surface area (Å²) >= 11 is 3.27. The fourth-order valence-corrected chi connectivity index (χ4v) is 3.23. The molecule has 0 spiro atoms. The standard InChI is InChI=1S/C16H24BrFN2O/c1-12(13-5-6-16(18)15(17)10-13)20(8-9-21-2)11-14-4-3-7-19-14/h5-6,10,12,14,19H,3-4,7-9,11H2,1-2H3. The first-order valence-corrected chi connectivity index (χ1v) is 8.32. The Kier molecular flexibility index (Phi) is 6.61. The van der Waals surface area contributed by atoms with Crippen molar-refractivity contribution in [3.05, 3.63) is 34.1 Å². The number of rotatable bonds is 7. The van der Waals surface area contributed by atoms with Crippen LogP contribution in [0, 0.1) is 5.82 Å². The van der Waals surface area contributed by atoms with Crippen molar-refractivity contribution in [2.24, 2.45) is 0 Å². The van der Waals surface area contributed by atoms with Crippen LogP contribution in [-0.4, -0.2) is 44.3 Å². The Hall–Kier alpha value is -0.490. The Labute approximate surface area is 135 Å². The third-order valence-electron chi connectivity index (χ3n) is 4.17. The highest BCUT2D eigenvalue weighted by Crippen LogP contribution is 2.26. The predicted molar refractivity (Wildman–Crippen MR) is 87.0 cm³/mol. The number of nitrogens with one attached hydrogen (secondary N) is 1. The Bertz CT molecular complexity index is 452. The van der Waals surface area contributed by atoms with Gasteiger partial charge in [-0.3, -0.25) is 4.90 Å². The van der Waals surface area contributed by atoms with E-state index in [9.17, 15) is 4.39 Å². The summed E-state index contributed by atoms with van der Waals surface area (Å²) in [7, 11) is 1.73. The molecular formula is C16H24BrFN2O. The number of methoxy groups -OCH3 is 1. The first-order valence-electron chi connectivity index (χ1n) is 7.53. The molecule has 1 aromatic carbocycles. The zero-order valence-electron chi connectivity index (χ0n) is 12.7. The molecule has 0 radical (unpaired) electrons. The monoisotopic (exact) mass is 358 g/mol. The van der Waals surface area contributed by atoms with Gasteiger partial charge < -0.3 is 10.1 Å². The molecule has 0 amide bonds. The van der Waals surface area contributed by atoms with Crippen LogP contribution >= 0.6 is 15.9 Å². The molecule has 2 rings (SSSR count). The zero-order valence-corrected chi connectivity index (χ0v) is 14.3. The maximum atomic E-state index is 13.4. The van der Waals surface area contributed by atoms with Crippen LogP contribution in [0.3, 0.4) is 0 Å². The van der Waals surface area contributed by atoms with Crippen LogP contribution in [0.15, 0.2) is 22.7 Å². The first-order chi connectivity index (χ1) is 10.1. The van der Waals surface area contributed by atoms with Crippen molar-refractivity contribution >= 4 is 15.9 Å². The summed E-state index contributed by atoms with van der Waals surface area (Å²) in [6.07, 6.45) is 2.47. The van der Waals surface area contributed by atoms with Gasteiger partial charge in [0.2, 0.25) is 0 Å². The van der Waals surface area contributed by atoms with Crippen molar-refractivity contribution < 1.29 is 9.13 Å². The van der Waals surface area contributed by atoms with Gasteiger partial charge in [0.15, 0.2) is 0 Å². The summed E-state index contributed by atoms with van der Waals surface area (Å²) in [5.41, 5.74) is 1.12. The highest BCUT2D eigenvalue weighted by Gasteiger charge is 2.22. The number of nitrogens with zero attached hydrogens (tertiary/aromatic N) is 1. The van der Waals surface area contributed by atoms with E-state index < -0.39 is 0 Å². The normalized spacial score (nSPS) is 20.1. The quantitative estimate of drug-likeness (QED) is 0.808. The average Bonchev–Trinajstić information content (AvgIpc) is 2.98.